The number of hydrogen-bond donors (Lipinski definition) is 0. The van der Waals surface area contributed by atoms with Gasteiger partial charge in [-0.25, -0.2) is 14.4 Å². The van der Waals surface area contributed by atoms with Crippen molar-refractivity contribution < 1.29 is 8.78 Å². The molecule has 27 heavy (non-hydrogen) atoms. The number of benzene rings is 1. The molecule has 4 aromatic rings. The minimum atomic E-state index is -0.420. The van der Waals surface area contributed by atoms with E-state index in [1.54, 1.807) is 31.0 Å². The molecule has 4 rings (SSSR count). The van der Waals surface area contributed by atoms with Crippen LogP contribution in [0.15, 0.2) is 49.3 Å². The summed E-state index contributed by atoms with van der Waals surface area (Å²) >= 11 is 1.96. The zero-order chi connectivity index (χ0) is 18.8. The molecule has 0 N–H and O–H groups in total. The fourth-order valence-corrected chi connectivity index (χ4v) is 3.52. The van der Waals surface area contributed by atoms with Crippen LogP contribution in [-0.4, -0.2) is 30.8 Å². The van der Waals surface area contributed by atoms with Crippen molar-refractivity contribution in [3.8, 4) is 11.4 Å². The summed E-state index contributed by atoms with van der Waals surface area (Å²) in [5.74, 6) is 0.358. The maximum Gasteiger partial charge on any atom is 0.142 e. The molecule has 0 aliphatic heterocycles. The summed E-state index contributed by atoms with van der Waals surface area (Å²) in [6.07, 6.45) is 9.24. The van der Waals surface area contributed by atoms with Gasteiger partial charge in [-0.1, -0.05) is 0 Å². The number of pyridine rings is 1. The van der Waals surface area contributed by atoms with E-state index < -0.39 is 6.67 Å². The van der Waals surface area contributed by atoms with Gasteiger partial charge in [0.1, 0.15) is 11.6 Å². The van der Waals surface area contributed by atoms with Crippen molar-refractivity contribution in [1.29, 1.82) is 0 Å². The van der Waals surface area contributed by atoms with E-state index in [1.807, 2.05) is 44.0 Å². The average Bonchev–Trinajstić information content (AvgIpc) is 3.29. The Bertz CT molecular complexity index is 1080. The minimum Gasteiger partial charge on any atom is -0.333 e. The number of aryl methyl sites for hydroxylation is 1. The lowest BCUT2D eigenvalue weighted by atomic mass is 10.2. The summed E-state index contributed by atoms with van der Waals surface area (Å²) in [5.41, 5.74) is 3.17. The van der Waals surface area contributed by atoms with Gasteiger partial charge in [-0.3, -0.25) is 9.37 Å². The highest BCUT2D eigenvalue weighted by atomic mass is 127. The second-order valence-electron chi connectivity index (χ2n) is 6.20. The third-order valence-electron chi connectivity index (χ3n) is 4.28. The van der Waals surface area contributed by atoms with Crippen LogP contribution < -0.4 is 0 Å². The van der Waals surface area contributed by atoms with Gasteiger partial charge in [0.05, 0.1) is 34.2 Å². The van der Waals surface area contributed by atoms with Crippen LogP contribution in [0.25, 0.3) is 22.4 Å². The van der Waals surface area contributed by atoms with Crippen molar-refractivity contribution in [3.63, 3.8) is 0 Å². The molecule has 5 nitrogen and oxygen atoms in total. The smallest absolute Gasteiger partial charge is 0.142 e. The van der Waals surface area contributed by atoms with Crippen LogP contribution in [0.5, 0.6) is 0 Å². The highest BCUT2D eigenvalue weighted by Crippen LogP contribution is 2.28. The lowest BCUT2D eigenvalue weighted by Gasteiger charge is -2.10. The molecule has 8 heteroatoms. The molecule has 3 heterocycles. The molecule has 0 unspecified atom stereocenters. The quantitative estimate of drug-likeness (QED) is 0.384. The number of aromatic nitrogens is 5. The zero-order valence-electron chi connectivity index (χ0n) is 14.3. The molecule has 0 atom stereocenters. The van der Waals surface area contributed by atoms with Gasteiger partial charge in [0.15, 0.2) is 0 Å². The van der Waals surface area contributed by atoms with E-state index in [9.17, 15) is 8.78 Å². The maximum absolute atomic E-state index is 14.0. The van der Waals surface area contributed by atoms with Crippen molar-refractivity contribution in [3.05, 3.63) is 64.3 Å². The second kappa shape index (κ2) is 7.71. The number of imidazole rings is 2. The Morgan fingerprint density at radius 3 is 2.78 bits per heavy atom. The molecule has 1 aromatic carbocycles. The topological polar surface area (TPSA) is 48.5 Å². The Morgan fingerprint density at radius 2 is 2.00 bits per heavy atom. The van der Waals surface area contributed by atoms with Crippen molar-refractivity contribution in [2.24, 2.45) is 0 Å². The SMILES string of the molecule is FCCCn1c(-c2cncc(Cn3ccnc3)c2)nc2cc(F)c(I)cc21. The Morgan fingerprint density at radius 1 is 1.11 bits per heavy atom. The van der Waals surface area contributed by atoms with Crippen LogP contribution in [0.1, 0.15) is 12.0 Å². The van der Waals surface area contributed by atoms with E-state index in [1.165, 1.54) is 6.07 Å². The Kier molecular flexibility index (Phi) is 5.15. The third kappa shape index (κ3) is 3.71. The van der Waals surface area contributed by atoms with Crippen LogP contribution in [0, 0.1) is 9.39 Å². The molecule has 0 fully saturated rings. The van der Waals surface area contributed by atoms with E-state index in [0.717, 1.165) is 16.6 Å². The number of nitrogens with zero attached hydrogens (tertiary/aromatic N) is 5. The Hall–Kier alpha value is -2.36. The number of rotatable bonds is 6. The number of alkyl halides is 1. The predicted molar refractivity (Wildman–Crippen MR) is 108 cm³/mol. The molecular formula is C19H16F2IN5. The molecule has 0 amide bonds. The van der Waals surface area contributed by atoms with Crippen molar-refractivity contribution in [2.45, 2.75) is 19.5 Å². The van der Waals surface area contributed by atoms with Crippen LogP contribution in [0.3, 0.4) is 0 Å². The van der Waals surface area contributed by atoms with E-state index in [4.69, 9.17) is 0 Å². The van der Waals surface area contributed by atoms with Gasteiger partial charge >= 0.3 is 0 Å². The van der Waals surface area contributed by atoms with E-state index in [2.05, 4.69) is 15.0 Å². The van der Waals surface area contributed by atoms with Crippen LogP contribution in [0.4, 0.5) is 8.78 Å². The first-order valence-corrected chi connectivity index (χ1v) is 9.55. The number of halogens is 3. The predicted octanol–water partition coefficient (Wildman–Crippen LogP) is 4.45. The molecule has 0 aliphatic carbocycles. The highest BCUT2D eigenvalue weighted by molar-refractivity contribution is 14.1. The van der Waals surface area contributed by atoms with E-state index in [-0.39, 0.29) is 5.82 Å². The second-order valence-corrected chi connectivity index (χ2v) is 7.36. The first kappa shape index (κ1) is 18.0. The summed E-state index contributed by atoms with van der Waals surface area (Å²) in [4.78, 5) is 13.0. The van der Waals surface area contributed by atoms with Crippen LogP contribution in [-0.2, 0) is 13.1 Å². The first-order chi connectivity index (χ1) is 13.2. The van der Waals surface area contributed by atoms with Gasteiger partial charge in [-0.2, -0.15) is 0 Å². The summed E-state index contributed by atoms with van der Waals surface area (Å²) in [7, 11) is 0. The van der Waals surface area contributed by atoms with Gasteiger partial charge < -0.3 is 9.13 Å². The third-order valence-corrected chi connectivity index (χ3v) is 5.11. The van der Waals surface area contributed by atoms with Crippen molar-refractivity contribution in [2.75, 3.05) is 6.67 Å². The molecule has 0 saturated heterocycles. The molecule has 0 aliphatic rings. The molecule has 0 spiro atoms. The molecule has 3 aromatic heterocycles. The summed E-state index contributed by atoms with van der Waals surface area (Å²) in [5, 5.41) is 0. The zero-order valence-corrected chi connectivity index (χ0v) is 16.5. The normalized spacial score (nSPS) is 11.4. The number of fused-ring (bicyclic) bond motifs is 1. The average molecular weight is 479 g/mol. The molecule has 0 saturated carbocycles. The first-order valence-electron chi connectivity index (χ1n) is 8.47. The van der Waals surface area contributed by atoms with Gasteiger partial charge in [0.25, 0.3) is 0 Å². The Balaban J connectivity index is 1.80. The summed E-state index contributed by atoms with van der Waals surface area (Å²) < 4.78 is 31.2. The molecule has 0 bridgehead atoms. The largest absolute Gasteiger partial charge is 0.333 e. The molecular weight excluding hydrogens is 463 g/mol. The van der Waals surface area contributed by atoms with Crippen molar-refractivity contribution >= 4 is 33.6 Å². The van der Waals surface area contributed by atoms with E-state index in [0.29, 0.717) is 34.4 Å². The minimum absolute atomic E-state index is 0.309. The standard InChI is InChI=1S/C19H16F2IN5/c20-2-1-4-27-18-8-16(22)15(21)7-17(18)25-19(27)14-6-13(9-24-10-14)11-26-5-3-23-12-26/h3,5-10,12H,1-2,4,11H2. The lowest BCUT2D eigenvalue weighted by molar-refractivity contribution is 0.450. The lowest BCUT2D eigenvalue weighted by Crippen LogP contribution is -2.03. The maximum atomic E-state index is 14.0. The fourth-order valence-electron chi connectivity index (χ4n) is 3.07. The fraction of sp³-hybridized carbons (Fsp3) is 0.211. The molecule has 138 valence electrons. The van der Waals surface area contributed by atoms with Gasteiger partial charge in [-0.15, -0.1) is 0 Å². The van der Waals surface area contributed by atoms with Crippen LogP contribution in [0.2, 0.25) is 0 Å². The monoisotopic (exact) mass is 479 g/mol. The summed E-state index contributed by atoms with van der Waals surface area (Å²) in [6, 6.07) is 5.18. The summed E-state index contributed by atoms with van der Waals surface area (Å²) in [6.45, 7) is 0.685. The number of hydrogen-bond acceptors (Lipinski definition) is 3. The van der Waals surface area contributed by atoms with E-state index >= 15 is 0 Å². The van der Waals surface area contributed by atoms with Gasteiger partial charge in [-0.05, 0) is 46.7 Å². The highest BCUT2D eigenvalue weighted by Gasteiger charge is 2.15. The molecule has 0 radical (unpaired) electrons. The van der Waals surface area contributed by atoms with Crippen LogP contribution >= 0.6 is 22.6 Å². The van der Waals surface area contributed by atoms with Gasteiger partial charge in [0, 0.05) is 43.0 Å². The van der Waals surface area contributed by atoms with Crippen molar-refractivity contribution in [1.82, 2.24) is 24.1 Å². The van der Waals surface area contributed by atoms with Gasteiger partial charge in [0.2, 0.25) is 0 Å². The Labute approximate surface area is 168 Å².